The van der Waals surface area contributed by atoms with Gasteiger partial charge in [-0.2, -0.15) is 5.10 Å². The molecule has 0 radical (unpaired) electrons. The molecule has 3 aromatic carbocycles. The smallest absolute Gasteiger partial charge is 0.229 e. The van der Waals surface area contributed by atoms with Gasteiger partial charge in [-0.25, -0.2) is 9.07 Å². The molecule has 5 aromatic rings. The molecule has 2 aromatic heterocycles. The largest absolute Gasteiger partial charge is 0.300 e. The SMILES string of the molecule is CC(C(=O)Nc1nncs1)C(c1ccc(C=O)cc1)c1ccc2c(cnn2-c2ccc(F)cc2)c1. The number of hydrogen-bond acceptors (Lipinski definition) is 6. The number of nitrogens with one attached hydrogen (secondary N) is 1. The Kier molecular flexibility index (Phi) is 6.15. The highest BCUT2D eigenvalue weighted by molar-refractivity contribution is 7.13. The van der Waals surface area contributed by atoms with E-state index in [1.54, 1.807) is 40.7 Å². The zero-order chi connectivity index (χ0) is 24.4. The lowest BCUT2D eigenvalue weighted by atomic mass is 9.80. The summed E-state index contributed by atoms with van der Waals surface area (Å²) < 4.78 is 15.1. The first-order valence-corrected chi connectivity index (χ1v) is 11.8. The van der Waals surface area contributed by atoms with Gasteiger partial charge in [0.15, 0.2) is 0 Å². The molecule has 7 nitrogen and oxygen atoms in total. The van der Waals surface area contributed by atoms with Crippen molar-refractivity contribution >= 4 is 39.6 Å². The second-order valence-electron chi connectivity index (χ2n) is 8.14. The maximum Gasteiger partial charge on any atom is 0.229 e. The highest BCUT2D eigenvalue weighted by Crippen LogP contribution is 2.35. The Bertz CT molecular complexity index is 1480. The van der Waals surface area contributed by atoms with Crippen molar-refractivity contribution in [3.05, 3.63) is 101 Å². The predicted octanol–water partition coefficient (Wildman–Crippen LogP) is 5.24. The summed E-state index contributed by atoms with van der Waals surface area (Å²) >= 11 is 1.25. The van der Waals surface area contributed by atoms with Gasteiger partial charge in [0, 0.05) is 22.8 Å². The number of nitrogens with zero attached hydrogens (tertiary/aromatic N) is 4. The zero-order valence-corrected chi connectivity index (χ0v) is 19.4. The Hall–Kier alpha value is -4.24. The standard InChI is InChI=1S/C26H20FN5O2S/c1-16(25(34)30-26-31-28-15-35-26)24(18-4-2-17(14-33)3-5-18)19-6-11-23-20(12-19)13-29-32(23)22-9-7-21(27)8-10-22/h2-16,24H,1H3,(H,30,31,34). The molecule has 0 saturated heterocycles. The van der Waals surface area contributed by atoms with E-state index in [4.69, 9.17) is 0 Å². The van der Waals surface area contributed by atoms with Gasteiger partial charge in [-0.15, -0.1) is 10.2 Å². The molecule has 0 spiro atoms. The summed E-state index contributed by atoms with van der Waals surface area (Å²) in [5, 5.41) is 16.3. The molecule has 0 saturated carbocycles. The van der Waals surface area contributed by atoms with Gasteiger partial charge in [0.25, 0.3) is 0 Å². The topological polar surface area (TPSA) is 89.8 Å². The Morgan fingerprint density at radius 2 is 1.80 bits per heavy atom. The normalized spacial score (nSPS) is 12.9. The first-order valence-electron chi connectivity index (χ1n) is 10.9. The summed E-state index contributed by atoms with van der Waals surface area (Å²) in [5.74, 6) is -1.24. The minimum atomic E-state index is -0.453. The van der Waals surface area contributed by atoms with Crippen molar-refractivity contribution < 1.29 is 14.0 Å². The van der Waals surface area contributed by atoms with Crippen molar-refractivity contribution in [2.24, 2.45) is 5.92 Å². The number of halogens is 1. The third-order valence-electron chi connectivity index (χ3n) is 5.96. The maximum atomic E-state index is 13.4. The summed E-state index contributed by atoms with van der Waals surface area (Å²) in [4.78, 5) is 24.3. The Morgan fingerprint density at radius 3 is 2.49 bits per heavy atom. The van der Waals surface area contributed by atoms with Gasteiger partial charge in [0.1, 0.15) is 17.6 Å². The Morgan fingerprint density at radius 1 is 1.06 bits per heavy atom. The molecule has 2 unspecified atom stereocenters. The first-order chi connectivity index (χ1) is 17.0. The average Bonchev–Trinajstić information content (AvgIpc) is 3.55. The van der Waals surface area contributed by atoms with Crippen molar-refractivity contribution in [1.82, 2.24) is 20.0 Å². The highest BCUT2D eigenvalue weighted by atomic mass is 32.1. The van der Waals surface area contributed by atoms with Crippen LogP contribution in [0.5, 0.6) is 0 Å². The van der Waals surface area contributed by atoms with Crippen LogP contribution in [0.15, 0.2) is 78.4 Å². The van der Waals surface area contributed by atoms with Gasteiger partial charge in [-0.05, 0) is 47.5 Å². The molecule has 2 atom stereocenters. The summed E-state index contributed by atoms with van der Waals surface area (Å²) in [6.07, 6.45) is 2.54. The second kappa shape index (κ2) is 9.55. The number of benzene rings is 3. The molecule has 174 valence electrons. The van der Waals surface area contributed by atoms with Gasteiger partial charge >= 0.3 is 0 Å². The van der Waals surface area contributed by atoms with Gasteiger partial charge in [0.05, 0.1) is 17.4 Å². The summed E-state index contributed by atoms with van der Waals surface area (Å²) in [5.41, 5.74) is 5.56. The fourth-order valence-electron chi connectivity index (χ4n) is 4.18. The van der Waals surface area contributed by atoms with Crippen molar-refractivity contribution in [1.29, 1.82) is 0 Å². The molecule has 1 amide bonds. The van der Waals surface area contributed by atoms with Crippen molar-refractivity contribution in [2.45, 2.75) is 12.8 Å². The molecule has 9 heteroatoms. The molecule has 35 heavy (non-hydrogen) atoms. The van der Waals surface area contributed by atoms with E-state index in [2.05, 4.69) is 20.6 Å². The number of carbonyl (C=O) groups excluding carboxylic acids is 2. The number of rotatable bonds is 7. The van der Waals surface area contributed by atoms with Crippen molar-refractivity contribution in [3.8, 4) is 5.69 Å². The Labute approximate surface area is 204 Å². The number of aldehydes is 1. The van der Waals surface area contributed by atoms with Crippen LogP contribution in [0.4, 0.5) is 9.52 Å². The van der Waals surface area contributed by atoms with Crippen LogP contribution in [0.25, 0.3) is 16.6 Å². The summed E-state index contributed by atoms with van der Waals surface area (Å²) in [6, 6.07) is 19.3. The predicted molar refractivity (Wildman–Crippen MR) is 132 cm³/mol. The van der Waals surface area contributed by atoms with Gasteiger partial charge < -0.3 is 5.32 Å². The van der Waals surface area contributed by atoms with Crippen LogP contribution < -0.4 is 5.32 Å². The lowest BCUT2D eigenvalue weighted by molar-refractivity contribution is -0.119. The third-order valence-corrected chi connectivity index (χ3v) is 6.56. The monoisotopic (exact) mass is 485 g/mol. The van der Waals surface area contributed by atoms with E-state index in [-0.39, 0.29) is 17.6 Å². The molecule has 0 aliphatic carbocycles. The van der Waals surface area contributed by atoms with E-state index in [1.807, 2.05) is 37.3 Å². The number of anilines is 1. The van der Waals surface area contributed by atoms with E-state index < -0.39 is 5.92 Å². The quantitative estimate of drug-likeness (QED) is 0.319. The molecule has 5 rings (SSSR count). The fourth-order valence-corrected chi connectivity index (χ4v) is 4.63. The lowest BCUT2D eigenvalue weighted by Crippen LogP contribution is -2.26. The fraction of sp³-hybridized carbons (Fsp3) is 0.115. The number of amides is 1. The summed E-state index contributed by atoms with van der Waals surface area (Å²) in [6.45, 7) is 1.86. The minimum Gasteiger partial charge on any atom is -0.300 e. The van der Waals surface area contributed by atoms with Crippen LogP contribution in [0.1, 0.15) is 34.3 Å². The molecule has 1 N–H and O–H groups in total. The highest BCUT2D eigenvalue weighted by Gasteiger charge is 2.28. The van der Waals surface area contributed by atoms with Crippen LogP contribution in [0.2, 0.25) is 0 Å². The van der Waals surface area contributed by atoms with E-state index in [1.165, 1.54) is 23.5 Å². The molecule has 0 bridgehead atoms. The van der Waals surface area contributed by atoms with Crippen molar-refractivity contribution in [3.63, 3.8) is 0 Å². The van der Waals surface area contributed by atoms with Crippen molar-refractivity contribution in [2.75, 3.05) is 5.32 Å². The first kappa shape index (κ1) is 22.5. The van der Waals surface area contributed by atoms with Gasteiger partial charge in [-0.1, -0.05) is 48.6 Å². The van der Waals surface area contributed by atoms with Gasteiger partial charge in [0.2, 0.25) is 11.0 Å². The van der Waals surface area contributed by atoms with E-state index in [0.717, 1.165) is 34.0 Å². The molecule has 0 aliphatic heterocycles. The van der Waals surface area contributed by atoms with Gasteiger partial charge in [-0.3, -0.25) is 9.59 Å². The van der Waals surface area contributed by atoms with Crippen LogP contribution >= 0.6 is 11.3 Å². The van der Waals surface area contributed by atoms with Crippen LogP contribution in [0, 0.1) is 11.7 Å². The summed E-state index contributed by atoms with van der Waals surface area (Å²) in [7, 11) is 0. The van der Waals surface area contributed by atoms with Crippen LogP contribution in [-0.2, 0) is 4.79 Å². The maximum absolute atomic E-state index is 13.4. The molecule has 2 heterocycles. The average molecular weight is 486 g/mol. The molecular formula is C26H20FN5O2S. The number of hydrogen-bond donors (Lipinski definition) is 1. The molecule has 0 aliphatic rings. The van der Waals surface area contributed by atoms with Crippen LogP contribution in [-0.4, -0.2) is 32.2 Å². The molecule has 0 fully saturated rings. The molecular weight excluding hydrogens is 465 g/mol. The van der Waals surface area contributed by atoms with Crippen LogP contribution in [0.3, 0.4) is 0 Å². The Balaban J connectivity index is 1.54. The zero-order valence-electron chi connectivity index (χ0n) is 18.6. The van der Waals surface area contributed by atoms with E-state index in [0.29, 0.717) is 10.7 Å². The third kappa shape index (κ3) is 4.58. The van der Waals surface area contributed by atoms with E-state index >= 15 is 0 Å². The minimum absolute atomic E-state index is 0.187. The number of aromatic nitrogens is 4. The number of carbonyl (C=O) groups is 2. The number of fused-ring (bicyclic) bond motifs is 1. The second-order valence-corrected chi connectivity index (χ2v) is 8.97. The lowest BCUT2D eigenvalue weighted by Gasteiger charge is -2.24. The van der Waals surface area contributed by atoms with E-state index in [9.17, 15) is 14.0 Å².